The molecule has 17 heavy (non-hydrogen) atoms. The van der Waals surface area contributed by atoms with Crippen molar-refractivity contribution in [3.8, 4) is 0 Å². The molecule has 3 unspecified atom stereocenters. The third-order valence-corrected chi connectivity index (χ3v) is 4.55. The van der Waals surface area contributed by atoms with Crippen LogP contribution in [-0.2, 0) is 0 Å². The van der Waals surface area contributed by atoms with Crippen LogP contribution in [0.1, 0.15) is 92.4 Å². The fraction of sp³-hybridized carbons (Fsp3) is 1.00. The standard InChI is InChI=1S/C17H36/c1-6-8-9-10-11-12-16(4)17(5)14-13-15(3)7-2/h15-17H,6-14H2,1-5H3. The maximum atomic E-state index is 2.46. The first kappa shape index (κ1) is 17.0. The van der Waals surface area contributed by atoms with E-state index < -0.39 is 0 Å². The molecule has 0 radical (unpaired) electrons. The SMILES string of the molecule is CCCCCCCC(C)C(C)CCC(C)CC. The summed E-state index contributed by atoms with van der Waals surface area (Å²) in [6, 6.07) is 0. The third kappa shape index (κ3) is 9.68. The van der Waals surface area contributed by atoms with Gasteiger partial charge in [0.25, 0.3) is 0 Å². The minimum Gasteiger partial charge on any atom is -0.0654 e. The van der Waals surface area contributed by atoms with Gasteiger partial charge in [-0.15, -0.1) is 0 Å². The van der Waals surface area contributed by atoms with E-state index in [4.69, 9.17) is 0 Å². The molecule has 104 valence electrons. The number of hydrogen-bond acceptors (Lipinski definition) is 0. The molecular formula is C17H36. The van der Waals surface area contributed by atoms with Gasteiger partial charge < -0.3 is 0 Å². The van der Waals surface area contributed by atoms with E-state index in [-0.39, 0.29) is 0 Å². The Bertz CT molecular complexity index is 150. The van der Waals surface area contributed by atoms with Crippen LogP contribution in [0.3, 0.4) is 0 Å². The number of unbranched alkanes of at least 4 members (excludes halogenated alkanes) is 4. The maximum absolute atomic E-state index is 2.46. The van der Waals surface area contributed by atoms with Crippen LogP contribution in [0.4, 0.5) is 0 Å². The molecule has 0 aromatic heterocycles. The third-order valence-electron chi connectivity index (χ3n) is 4.55. The predicted octanol–water partition coefficient (Wildman–Crippen LogP) is 6.45. The highest BCUT2D eigenvalue weighted by atomic mass is 14.2. The Kier molecular flexibility index (Phi) is 11.1. The molecule has 0 aliphatic heterocycles. The van der Waals surface area contributed by atoms with E-state index in [1.54, 1.807) is 0 Å². The first-order chi connectivity index (χ1) is 8.11. The quantitative estimate of drug-likeness (QED) is 0.364. The normalized spacial score (nSPS) is 16.8. The number of rotatable bonds is 11. The molecule has 0 aliphatic carbocycles. The van der Waals surface area contributed by atoms with Crippen molar-refractivity contribution in [1.82, 2.24) is 0 Å². The van der Waals surface area contributed by atoms with Gasteiger partial charge in [0.2, 0.25) is 0 Å². The van der Waals surface area contributed by atoms with E-state index in [0.29, 0.717) is 0 Å². The Morgan fingerprint density at radius 3 is 1.82 bits per heavy atom. The summed E-state index contributed by atoms with van der Waals surface area (Å²) in [6.45, 7) is 11.9. The van der Waals surface area contributed by atoms with Crippen molar-refractivity contribution in [3.05, 3.63) is 0 Å². The second-order valence-corrected chi connectivity index (χ2v) is 6.25. The summed E-state index contributed by atoms with van der Waals surface area (Å²) in [6.07, 6.45) is 12.8. The Balaban J connectivity index is 3.49. The summed E-state index contributed by atoms with van der Waals surface area (Å²) in [4.78, 5) is 0. The number of hydrogen-bond donors (Lipinski definition) is 0. The predicted molar refractivity (Wildman–Crippen MR) is 80.4 cm³/mol. The minimum atomic E-state index is 0.925. The molecule has 3 atom stereocenters. The highest BCUT2D eigenvalue weighted by Crippen LogP contribution is 2.25. The van der Waals surface area contributed by atoms with E-state index in [0.717, 1.165) is 17.8 Å². The van der Waals surface area contributed by atoms with E-state index in [9.17, 15) is 0 Å². The molecule has 0 aromatic carbocycles. The first-order valence-corrected chi connectivity index (χ1v) is 8.11. The van der Waals surface area contributed by atoms with Crippen molar-refractivity contribution >= 4 is 0 Å². The van der Waals surface area contributed by atoms with Crippen molar-refractivity contribution in [2.75, 3.05) is 0 Å². The lowest BCUT2D eigenvalue weighted by molar-refractivity contribution is 0.306. The van der Waals surface area contributed by atoms with Gasteiger partial charge >= 0.3 is 0 Å². The van der Waals surface area contributed by atoms with Crippen molar-refractivity contribution in [1.29, 1.82) is 0 Å². The van der Waals surface area contributed by atoms with Crippen LogP contribution in [0, 0.1) is 17.8 Å². The molecule has 0 nitrogen and oxygen atoms in total. The van der Waals surface area contributed by atoms with E-state index >= 15 is 0 Å². The minimum absolute atomic E-state index is 0.925. The van der Waals surface area contributed by atoms with E-state index in [2.05, 4.69) is 34.6 Å². The van der Waals surface area contributed by atoms with Gasteiger partial charge in [-0.05, 0) is 17.8 Å². The highest BCUT2D eigenvalue weighted by molar-refractivity contribution is 4.64. The fourth-order valence-corrected chi connectivity index (χ4v) is 2.39. The van der Waals surface area contributed by atoms with Crippen molar-refractivity contribution in [3.63, 3.8) is 0 Å². The smallest absolute Gasteiger partial charge is 0.0417 e. The van der Waals surface area contributed by atoms with Gasteiger partial charge in [0, 0.05) is 0 Å². The Hall–Kier alpha value is 0. The topological polar surface area (TPSA) is 0 Å². The average molecular weight is 240 g/mol. The Labute approximate surface area is 111 Å². The summed E-state index contributed by atoms with van der Waals surface area (Å²) in [5.74, 6) is 2.78. The molecule has 0 N–H and O–H groups in total. The van der Waals surface area contributed by atoms with Gasteiger partial charge in [-0.2, -0.15) is 0 Å². The molecule has 0 spiro atoms. The average Bonchev–Trinajstić information content (AvgIpc) is 2.34. The first-order valence-electron chi connectivity index (χ1n) is 8.11. The molecule has 0 bridgehead atoms. The Morgan fingerprint density at radius 2 is 1.24 bits per heavy atom. The van der Waals surface area contributed by atoms with Gasteiger partial charge in [0.05, 0.1) is 0 Å². The molecule has 0 saturated heterocycles. The fourth-order valence-electron chi connectivity index (χ4n) is 2.39. The van der Waals surface area contributed by atoms with E-state index in [1.165, 1.54) is 57.8 Å². The summed E-state index contributed by atoms with van der Waals surface area (Å²) >= 11 is 0. The molecule has 0 heterocycles. The van der Waals surface area contributed by atoms with Gasteiger partial charge in [-0.25, -0.2) is 0 Å². The van der Waals surface area contributed by atoms with Crippen LogP contribution >= 0.6 is 0 Å². The summed E-state index contributed by atoms with van der Waals surface area (Å²) in [5, 5.41) is 0. The van der Waals surface area contributed by atoms with E-state index in [1.807, 2.05) is 0 Å². The summed E-state index contributed by atoms with van der Waals surface area (Å²) in [5.41, 5.74) is 0. The molecular weight excluding hydrogens is 204 g/mol. The van der Waals surface area contributed by atoms with Gasteiger partial charge in [0.15, 0.2) is 0 Å². The van der Waals surface area contributed by atoms with Crippen LogP contribution in [0.25, 0.3) is 0 Å². The van der Waals surface area contributed by atoms with Crippen LogP contribution in [0.15, 0.2) is 0 Å². The molecule has 0 saturated carbocycles. The second kappa shape index (κ2) is 11.1. The molecule has 0 fully saturated rings. The second-order valence-electron chi connectivity index (χ2n) is 6.25. The summed E-state index contributed by atoms with van der Waals surface area (Å²) < 4.78 is 0. The molecule has 0 aliphatic rings. The van der Waals surface area contributed by atoms with Gasteiger partial charge in [0.1, 0.15) is 0 Å². The highest BCUT2D eigenvalue weighted by Gasteiger charge is 2.12. The van der Waals surface area contributed by atoms with Crippen LogP contribution in [-0.4, -0.2) is 0 Å². The van der Waals surface area contributed by atoms with Crippen molar-refractivity contribution in [2.45, 2.75) is 92.4 Å². The van der Waals surface area contributed by atoms with Gasteiger partial charge in [-0.3, -0.25) is 0 Å². The lowest BCUT2D eigenvalue weighted by Crippen LogP contribution is -2.09. The molecule has 0 aromatic rings. The zero-order valence-electron chi connectivity index (χ0n) is 13.1. The van der Waals surface area contributed by atoms with Crippen LogP contribution in [0.2, 0.25) is 0 Å². The van der Waals surface area contributed by atoms with Crippen LogP contribution in [0.5, 0.6) is 0 Å². The lowest BCUT2D eigenvalue weighted by atomic mass is 9.85. The lowest BCUT2D eigenvalue weighted by Gasteiger charge is -2.21. The largest absolute Gasteiger partial charge is 0.0654 e. The monoisotopic (exact) mass is 240 g/mol. The van der Waals surface area contributed by atoms with Crippen molar-refractivity contribution in [2.24, 2.45) is 17.8 Å². The Morgan fingerprint density at radius 1 is 0.647 bits per heavy atom. The van der Waals surface area contributed by atoms with Gasteiger partial charge in [-0.1, -0.05) is 92.4 Å². The van der Waals surface area contributed by atoms with Crippen LogP contribution < -0.4 is 0 Å². The maximum Gasteiger partial charge on any atom is -0.0417 e. The molecule has 0 amide bonds. The zero-order valence-corrected chi connectivity index (χ0v) is 13.1. The van der Waals surface area contributed by atoms with Crippen molar-refractivity contribution < 1.29 is 0 Å². The summed E-state index contributed by atoms with van der Waals surface area (Å²) in [7, 11) is 0. The zero-order chi connectivity index (χ0) is 13.1. The molecule has 0 heteroatoms. The molecule has 0 rings (SSSR count).